The first-order valence-corrected chi connectivity index (χ1v) is 11.7. The van der Waals surface area contributed by atoms with E-state index in [0.29, 0.717) is 38.4 Å². The minimum Gasteiger partial charge on any atom is -0.491 e. The number of benzene rings is 2. The normalized spacial score (nSPS) is 18.6. The highest BCUT2D eigenvalue weighted by atomic mass is 16.5. The van der Waals surface area contributed by atoms with Crippen molar-refractivity contribution in [2.24, 2.45) is 0 Å². The Morgan fingerprint density at radius 2 is 1.88 bits per heavy atom. The highest BCUT2D eigenvalue weighted by Crippen LogP contribution is 2.35. The van der Waals surface area contributed by atoms with Crippen molar-refractivity contribution in [2.75, 3.05) is 63.8 Å². The van der Waals surface area contributed by atoms with Crippen LogP contribution in [-0.2, 0) is 4.74 Å². The van der Waals surface area contributed by atoms with Crippen molar-refractivity contribution in [3.8, 4) is 22.8 Å². The molecule has 3 aromatic rings. The topological polar surface area (TPSA) is 72.0 Å². The summed E-state index contributed by atoms with van der Waals surface area (Å²) in [6.45, 7) is 3.90. The lowest BCUT2D eigenvalue weighted by molar-refractivity contribution is 0.0765. The van der Waals surface area contributed by atoms with Crippen LogP contribution < -0.4 is 19.7 Å². The number of fused-ring (bicyclic) bond motifs is 7. The van der Waals surface area contributed by atoms with E-state index in [1.54, 1.807) is 6.20 Å². The number of nitrogens with zero attached hydrogens (tertiary/aromatic N) is 4. The van der Waals surface area contributed by atoms with Crippen LogP contribution in [0.1, 0.15) is 6.42 Å². The van der Waals surface area contributed by atoms with Crippen LogP contribution in [0.25, 0.3) is 11.3 Å². The zero-order valence-electron chi connectivity index (χ0n) is 19.7. The zero-order valence-corrected chi connectivity index (χ0v) is 19.7. The van der Waals surface area contributed by atoms with E-state index in [-0.39, 0.29) is 0 Å². The van der Waals surface area contributed by atoms with Crippen LogP contribution in [0, 0.1) is 0 Å². The molecule has 34 heavy (non-hydrogen) atoms. The Bertz CT molecular complexity index is 1120. The third kappa shape index (κ3) is 5.24. The van der Waals surface area contributed by atoms with Gasteiger partial charge >= 0.3 is 0 Å². The Labute approximate surface area is 200 Å². The maximum atomic E-state index is 6.20. The van der Waals surface area contributed by atoms with E-state index in [1.165, 1.54) is 0 Å². The zero-order chi connectivity index (χ0) is 23.3. The summed E-state index contributed by atoms with van der Waals surface area (Å²) in [6.07, 6.45) is 2.90. The number of anilines is 3. The van der Waals surface area contributed by atoms with Gasteiger partial charge in [0.15, 0.2) is 0 Å². The van der Waals surface area contributed by atoms with Gasteiger partial charge in [0.25, 0.3) is 0 Å². The summed E-state index contributed by atoms with van der Waals surface area (Å²) in [5.74, 6) is 2.15. The molecule has 0 aliphatic carbocycles. The fraction of sp³-hybridized carbons (Fsp3) is 0.385. The van der Waals surface area contributed by atoms with E-state index in [4.69, 9.17) is 19.2 Å². The number of hydrogen-bond donors (Lipinski definition) is 1. The fourth-order valence-electron chi connectivity index (χ4n) is 4.34. The average Bonchev–Trinajstić information content (AvgIpc) is 3.34. The maximum absolute atomic E-state index is 6.20. The second-order valence-corrected chi connectivity index (χ2v) is 8.76. The van der Waals surface area contributed by atoms with Gasteiger partial charge in [0, 0.05) is 42.6 Å². The standard InChI is InChI=1S/C26H31N5O3/c1-30(2)21-9-11-31(18-21)24-7-6-20-17-25(24)34-15-13-32-12-14-33-22-5-3-4-19(16-22)23-8-10-27-26(28-20)29-23/h3-8,10,16-17,21H,9,11-15,18H2,1-2H3,(H,27,28,29). The van der Waals surface area contributed by atoms with E-state index >= 15 is 0 Å². The Morgan fingerprint density at radius 1 is 1.00 bits per heavy atom. The van der Waals surface area contributed by atoms with Gasteiger partial charge in [0.1, 0.15) is 24.7 Å². The molecule has 1 fully saturated rings. The third-order valence-corrected chi connectivity index (χ3v) is 6.22. The van der Waals surface area contributed by atoms with E-state index in [1.807, 2.05) is 36.4 Å². The number of likely N-dealkylation sites (N-methyl/N-ethyl adjacent to an activating group) is 1. The molecule has 178 valence electrons. The molecule has 0 amide bonds. The molecule has 1 saturated heterocycles. The molecular weight excluding hydrogens is 430 g/mol. The summed E-state index contributed by atoms with van der Waals surface area (Å²) in [5.41, 5.74) is 3.77. The van der Waals surface area contributed by atoms with Crippen molar-refractivity contribution < 1.29 is 14.2 Å². The second-order valence-electron chi connectivity index (χ2n) is 8.76. The molecule has 3 heterocycles. The van der Waals surface area contributed by atoms with Crippen LogP contribution in [-0.4, -0.2) is 74.5 Å². The smallest absolute Gasteiger partial charge is 0.227 e. The SMILES string of the molecule is CN(C)C1CCN(c2ccc3cc2OCCOCCOc2cccc(c2)-c2ccnc(n2)N3)C1. The van der Waals surface area contributed by atoms with Gasteiger partial charge in [0.2, 0.25) is 5.95 Å². The van der Waals surface area contributed by atoms with E-state index < -0.39 is 0 Å². The molecule has 8 heteroatoms. The van der Waals surface area contributed by atoms with Gasteiger partial charge in [-0.25, -0.2) is 9.97 Å². The highest BCUT2D eigenvalue weighted by molar-refractivity contribution is 5.69. The molecule has 0 spiro atoms. The summed E-state index contributed by atoms with van der Waals surface area (Å²) >= 11 is 0. The lowest BCUT2D eigenvalue weighted by atomic mass is 10.1. The number of hydrogen-bond acceptors (Lipinski definition) is 8. The van der Waals surface area contributed by atoms with E-state index in [2.05, 4.69) is 46.3 Å². The molecule has 1 unspecified atom stereocenters. The molecule has 0 saturated carbocycles. The molecule has 1 aromatic heterocycles. The van der Waals surface area contributed by atoms with Crippen LogP contribution in [0.15, 0.2) is 54.7 Å². The van der Waals surface area contributed by atoms with Crippen molar-refractivity contribution in [1.82, 2.24) is 14.9 Å². The molecule has 0 radical (unpaired) electrons. The van der Waals surface area contributed by atoms with Gasteiger partial charge in [0.05, 0.1) is 24.6 Å². The molecule has 8 nitrogen and oxygen atoms in total. The van der Waals surface area contributed by atoms with Crippen LogP contribution in [0.4, 0.5) is 17.3 Å². The molecule has 1 atom stereocenters. The number of aromatic nitrogens is 2. The minimum absolute atomic E-state index is 0.461. The first-order chi connectivity index (χ1) is 16.7. The predicted molar refractivity (Wildman–Crippen MR) is 133 cm³/mol. The van der Waals surface area contributed by atoms with E-state index in [9.17, 15) is 0 Å². The molecule has 1 N–H and O–H groups in total. The molecule has 5 rings (SSSR count). The first kappa shape index (κ1) is 22.4. The van der Waals surface area contributed by atoms with Crippen molar-refractivity contribution in [3.05, 3.63) is 54.7 Å². The van der Waals surface area contributed by atoms with Crippen LogP contribution >= 0.6 is 0 Å². The van der Waals surface area contributed by atoms with Crippen LogP contribution in [0.3, 0.4) is 0 Å². The fourth-order valence-corrected chi connectivity index (χ4v) is 4.34. The summed E-state index contributed by atoms with van der Waals surface area (Å²) < 4.78 is 17.8. The van der Waals surface area contributed by atoms with Crippen molar-refractivity contribution in [2.45, 2.75) is 12.5 Å². The van der Waals surface area contributed by atoms with Gasteiger partial charge in [-0.05, 0) is 50.8 Å². The van der Waals surface area contributed by atoms with Gasteiger partial charge in [-0.3, -0.25) is 0 Å². The Kier molecular flexibility index (Phi) is 6.78. The Morgan fingerprint density at radius 3 is 2.74 bits per heavy atom. The molecule has 6 bridgehead atoms. The second kappa shape index (κ2) is 10.3. The predicted octanol–water partition coefficient (Wildman–Crippen LogP) is 3.82. The molecule has 2 aliphatic rings. The van der Waals surface area contributed by atoms with Crippen molar-refractivity contribution >= 4 is 17.3 Å². The van der Waals surface area contributed by atoms with Crippen molar-refractivity contribution in [1.29, 1.82) is 0 Å². The summed E-state index contributed by atoms with van der Waals surface area (Å²) in [6, 6.07) is 16.5. The molecule has 2 aromatic carbocycles. The molecule has 2 aliphatic heterocycles. The number of rotatable bonds is 2. The van der Waals surface area contributed by atoms with Crippen molar-refractivity contribution in [3.63, 3.8) is 0 Å². The quantitative estimate of drug-likeness (QED) is 0.618. The van der Waals surface area contributed by atoms with Crippen LogP contribution in [0.5, 0.6) is 11.5 Å². The highest BCUT2D eigenvalue weighted by Gasteiger charge is 2.26. The average molecular weight is 462 g/mol. The van der Waals surface area contributed by atoms with Crippen LogP contribution in [0.2, 0.25) is 0 Å². The lowest BCUT2D eigenvalue weighted by Crippen LogP contribution is -2.31. The first-order valence-electron chi connectivity index (χ1n) is 11.7. The van der Waals surface area contributed by atoms with Gasteiger partial charge in [-0.1, -0.05) is 12.1 Å². The monoisotopic (exact) mass is 461 g/mol. The Hall–Kier alpha value is -3.36. The Balaban J connectivity index is 1.44. The number of nitrogens with one attached hydrogen (secondary N) is 1. The van der Waals surface area contributed by atoms with Gasteiger partial charge in [-0.2, -0.15) is 0 Å². The maximum Gasteiger partial charge on any atom is 0.227 e. The lowest BCUT2D eigenvalue weighted by Gasteiger charge is -2.24. The summed E-state index contributed by atoms with van der Waals surface area (Å²) in [5, 5.41) is 3.34. The number of ether oxygens (including phenoxy) is 3. The molecular formula is C26H31N5O3. The van der Waals surface area contributed by atoms with Gasteiger partial charge in [-0.15, -0.1) is 0 Å². The third-order valence-electron chi connectivity index (χ3n) is 6.22. The minimum atomic E-state index is 0.461. The summed E-state index contributed by atoms with van der Waals surface area (Å²) in [7, 11) is 4.28. The van der Waals surface area contributed by atoms with Gasteiger partial charge < -0.3 is 29.3 Å². The summed E-state index contributed by atoms with van der Waals surface area (Å²) in [4.78, 5) is 13.8. The van der Waals surface area contributed by atoms with E-state index in [0.717, 1.165) is 53.6 Å². The largest absolute Gasteiger partial charge is 0.491 e.